The summed E-state index contributed by atoms with van der Waals surface area (Å²) in [4.78, 5) is 31.2. The Morgan fingerprint density at radius 2 is 2.07 bits per heavy atom. The van der Waals surface area contributed by atoms with Crippen molar-refractivity contribution < 1.29 is 18.0 Å². The Hall–Kier alpha value is -1.69. The van der Waals surface area contributed by atoms with Crippen LogP contribution in [-0.2, 0) is 19.6 Å². The maximum absolute atomic E-state index is 12.9. The van der Waals surface area contributed by atoms with Crippen LogP contribution in [-0.4, -0.2) is 64.2 Å². The maximum atomic E-state index is 12.9. The van der Waals surface area contributed by atoms with Crippen LogP contribution < -0.4 is 5.32 Å². The molecule has 5 rings (SSSR count). The lowest BCUT2D eigenvalue weighted by Crippen LogP contribution is -2.48. The summed E-state index contributed by atoms with van der Waals surface area (Å²) in [6, 6.07) is 4.37. The van der Waals surface area contributed by atoms with Gasteiger partial charge in [0.05, 0.1) is 20.0 Å². The lowest BCUT2D eigenvalue weighted by atomic mass is 10.2. The number of hydrogen-bond acceptors (Lipinski definition) is 7. The largest absolute Gasteiger partial charge is 0.315 e. The van der Waals surface area contributed by atoms with E-state index < -0.39 is 16.1 Å². The number of fused-ring (bicyclic) bond motifs is 2. The Kier molecular flexibility index (Phi) is 4.84. The number of rotatable bonds is 4. The first kappa shape index (κ1) is 20.2. The summed E-state index contributed by atoms with van der Waals surface area (Å²) in [5, 5.41) is 3.25. The van der Waals surface area contributed by atoms with Crippen LogP contribution in [0.2, 0.25) is 0 Å². The summed E-state index contributed by atoms with van der Waals surface area (Å²) >= 11 is 2.89. The minimum Gasteiger partial charge on any atom is -0.315 e. The second-order valence-corrected chi connectivity index (χ2v) is 12.5. The van der Waals surface area contributed by atoms with Crippen LogP contribution in [0.25, 0.3) is 10.2 Å². The highest BCUT2D eigenvalue weighted by Crippen LogP contribution is 2.47. The minimum absolute atomic E-state index is 0.0173. The number of nitrogens with zero attached hydrogens (tertiary/aromatic N) is 3. The molecule has 4 heterocycles. The number of carbonyl (C=O) groups is 2. The zero-order chi connectivity index (χ0) is 21.1. The monoisotopic (exact) mass is 466 g/mol. The molecule has 2 unspecified atom stereocenters. The standard InChI is InChI=1S/C19H22N4O4S3/c1-19-7-6-16(24)23(19)14(11-28-19)17(25)21-18-20-13-5-4-12(10-15(13)29-18)30(26,27)22-8-2-3-9-22/h4-5,10,14H,2-3,6-9,11H2,1H3,(H,20,21,25). The predicted molar refractivity (Wildman–Crippen MR) is 117 cm³/mol. The van der Waals surface area contributed by atoms with Gasteiger partial charge in [0.2, 0.25) is 21.8 Å². The fourth-order valence-electron chi connectivity index (χ4n) is 4.40. The first-order valence-corrected chi connectivity index (χ1v) is 13.2. The van der Waals surface area contributed by atoms with Gasteiger partial charge in [0.1, 0.15) is 6.04 Å². The average molecular weight is 467 g/mol. The van der Waals surface area contributed by atoms with Gasteiger partial charge in [-0.3, -0.25) is 9.59 Å². The molecule has 3 aliphatic heterocycles. The van der Waals surface area contributed by atoms with E-state index in [1.54, 1.807) is 34.9 Å². The van der Waals surface area contributed by atoms with Crippen molar-refractivity contribution in [2.24, 2.45) is 0 Å². The quantitative estimate of drug-likeness (QED) is 0.743. The van der Waals surface area contributed by atoms with Gasteiger partial charge in [-0.1, -0.05) is 11.3 Å². The number of nitrogens with one attached hydrogen (secondary N) is 1. The Morgan fingerprint density at radius 3 is 2.83 bits per heavy atom. The van der Waals surface area contributed by atoms with Crippen molar-refractivity contribution in [1.29, 1.82) is 0 Å². The third-order valence-electron chi connectivity index (χ3n) is 6.04. The Balaban J connectivity index is 1.37. The molecule has 160 valence electrons. The molecule has 1 aromatic carbocycles. The SMILES string of the molecule is CC12CCC(=O)N1C(C(=O)Nc1nc3ccc(S(=O)(=O)N4CCCC4)cc3s1)CS2. The van der Waals surface area contributed by atoms with Gasteiger partial charge in [0, 0.05) is 25.3 Å². The van der Waals surface area contributed by atoms with Crippen LogP contribution in [0, 0.1) is 0 Å². The van der Waals surface area contributed by atoms with E-state index >= 15 is 0 Å². The molecule has 1 N–H and O–H groups in total. The summed E-state index contributed by atoms with van der Waals surface area (Å²) in [5.41, 5.74) is 0.638. The minimum atomic E-state index is -3.50. The van der Waals surface area contributed by atoms with Gasteiger partial charge in [0.15, 0.2) is 5.13 Å². The van der Waals surface area contributed by atoms with Crippen molar-refractivity contribution in [1.82, 2.24) is 14.2 Å². The molecule has 30 heavy (non-hydrogen) atoms. The highest BCUT2D eigenvalue weighted by molar-refractivity contribution is 8.01. The van der Waals surface area contributed by atoms with Crippen LogP contribution in [0.5, 0.6) is 0 Å². The first-order chi connectivity index (χ1) is 14.3. The van der Waals surface area contributed by atoms with Crippen molar-refractivity contribution >= 4 is 60.3 Å². The number of thioether (sulfide) groups is 1. The maximum Gasteiger partial charge on any atom is 0.249 e. The van der Waals surface area contributed by atoms with Gasteiger partial charge in [-0.05, 0) is 44.4 Å². The molecule has 0 aliphatic carbocycles. The molecule has 2 amide bonds. The van der Waals surface area contributed by atoms with E-state index in [9.17, 15) is 18.0 Å². The smallest absolute Gasteiger partial charge is 0.249 e. The third kappa shape index (κ3) is 3.22. The van der Waals surface area contributed by atoms with Gasteiger partial charge in [0.25, 0.3) is 0 Å². The number of benzene rings is 1. The lowest BCUT2D eigenvalue weighted by molar-refractivity contribution is -0.135. The fourth-order valence-corrected chi connectivity index (χ4v) is 8.36. The zero-order valence-electron chi connectivity index (χ0n) is 16.5. The Morgan fingerprint density at radius 1 is 1.30 bits per heavy atom. The van der Waals surface area contributed by atoms with Gasteiger partial charge in [-0.25, -0.2) is 13.4 Å². The molecule has 0 radical (unpaired) electrons. The number of amides is 2. The Labute approximate surface area is 183 Å². The Bertz CT molecular complexity index is 1140. The molecule has 8 nitrogen and oxygen atoms in total. The number of anilines is 1. The molecule has 11 heteroatoms. The van der Waals surface area contributed by atoms with Crippen molar-refractivity contribution in [3.63, 3.8) is 0 Å². The topological polar surface area (TPSA) is 99.7 Å². The van der Waals surface area contributed by atoms with Crippen LogP contribution >= 0.6 is 23.1 Å². The average Bonchev–Trinajstić information content (AvgIpc) is 3.46. The van der Waals surface area contributed by atoms with Gasteiger partial charge in [-0.15, -0.1) is 11.8 Å². The molecule has 1 aromatic heterocycles. The van der Waals surface area contributed by atoms with Crippen molar-refractivity contribution in [3.05, 3.63) is 18.2 Å². The number of hydrogen-bond donors (Lipinski definition) is 1. The number of carbonyl (C=O) groups excluding carboxylic acids is 2. The van der Waals surface area contributed by atoms with Crippen molar-refractivity contribution in [2.45, 2.75) is 48.4 Å². The number of sulfonamides is 1. The van der Waals surface area contributed by atoms with Crippen LogP contribution in [0.15, 0.2) is 23.1 Å². The third-order valence-corrected chi connectivity index (χ3v) is 10.4. The summed E-state index contributed by atoms with van der Waals surface area (Å²) in [6.07, 6.45) is 3.00. The van der Waals surface area contributed by atoms with E-state index in [2.05, 4.69) is 10.3 Å². The molecular weight excluding hydrogens is 444 g/mol. The molecule has 2 atom stereocenters. The van der Waals surface area contributed by atoms with E-state index in [1.165, 1.54) is 15.6 Å². The van der Waals surface area contributed by atoms with Gasteiger partial charge < -0.3 is 10.2 Å². The highest BCUT2D eigenvalue weighted by atomic mass is 32.2. The fraction of sp³-hybridized carbons (Fsp3) is 0.526. The van der Waals surface area contributed by atoms with E-state index in [1.807, 2.05) is 6.92 Å². The van der Waals surface area contributed by atoms with Crippen LogP contribution in [0.1, 0.15) is 32.6 Å². The van der Waals surface area contributed by atoms with Crippen LogP contribution in [0.4, 0.5) is 5.13 Å². The molecule has 0 spiro atoms. The zero-order valence-corrected chi connectivity index (χ0v) is 18.9. The van der Waals surface area contributed by atoms with Gasteiger partial charge in [-0.2, -0.15) is 4.31 Å². The van der Waals surface area contributed by atoms with Crippen LogP contribution in [0.3, 0.4) is 0 Å². The lowest BCUT2D eigenvalue weighted by Gasteiger charge is -2.29. The summed E-state index contributed by atoms with van der Waals surface area (Å²) in [6.45, 7) is 3.12. The molecular formula is C19H22N4O4S3. The first-order valence-electron chi connectivity index (χ1n) is 9.96. The number of aromatic nitrogens is 1. The van der Waals surface area contributed by atoms with Crippen molar-refractivity contribution in [2.75, 3.05) is 24.2 Å². The summed E-state index contributed by atoms with van der Waals surface area (Å²) in [7, 11) is -3.50. The summed E-state index contributed by atoms with van der Waals surface area (Å²) < 4.78 is 27.8. The highest BCUT2D eigenvalue weighted by Gasteiger charge is 2.53. The summed E-state index contributed by atoms with van der Waals surface area (Å²) in [5.74, 6) is 0.339. The number of thiazole rings is 1. The normalized spacial score (nSPS) is 27.2. The van der Waals surface area contributed by atoms with Gasteiger partial charge >= 0.3 is 0 Å². The molecule has 0 bridgehead atoms. The van der Waals surface area contributed by atoms with E-state index in [0.717, 1.165) is 19.3 Å². The molecule has 0 saturated carbocycles. The molecule has 3 aliphatic rings. The molecule has 3 saturated heterocycles. The predicted octanol–water partition coefficient (Wildman–Crippen LogP) is 2.47. The molecule has 3 fully saturated rings. The van der Waals surface area contributed by atoms with E-state index in [0.29, 0.717) is 40.6 Å². The van der Waals surface area contributed by atoms with E-state index in [-0.39, 0.29) is 21.6 Å². The van der Waals surface area contributed by atoms with E-state index in [4.69, 9.17) is 0 Å². The van der Waals surface area contributed by atoms with Crippen molar-refractivity contribution in [3.8, 4) is 0 Å². The molecule has 2 aromatic rings. The second-order valence-electron chi connectivity index (χ2n) is 8.01. The second kappa shape index (κ2) is 7.18.